The summed E-state index contributed by atoms with van der Waals surface area (Å²) in [7, 11) is 0. The third kappa shape index (κ3) is 3.56. The number of aromatic nitrogens is 2. The van der Waals surface area contributed by atoms with Gasteiger partial charge >= 0.3 is 0 Å². The molecule has 0 spiro atoms. The zero-order chi connectivity index (χ0) is 15.7. The summed E-state index contributed by atoms with van der Waals surface area (Å²) in [6.07, 6.45) is 2.32. The molecule has 22 heavy (non-hydrogen) atoms. The second kappa shape index (κ2) is 5.85. The van der Waals surface area contributed by atoms with Crippen molar-refractivity contribution in [3.63, 3.8) is 0 Å². The molecule has 0 unspecified atom stereocenters. The Morgan fingerprint density at radius 2 is 2.00 bits per heavy atom. The maximum atomic E-state index is 12.4. The molecule has 0 aliphatic heterocycles. The SMILES string of the molecule is CC(C)(Oc1ccc(Cl)cc1)C(=O)Nc1nnc(C2CC2)s1. The Kier molecular flexibility index (Phi) is 4.06. The predicted octanol–water partition coefficient (Wildman–Crippen LogP) is 3.87. The summed E-state index contributed by atoms with van der Waals surface area (Å²) in [6, 6.07) is 6.90. The minimum absolute atomic E-state index is 0.263. The number of anilines is 1. The van der Waals surface area contributed by atoms with E-state index in [-0.39, 0.29) is 5.91 Å². The second-order valence-electron chi connectivity index (χ2n) is 5.74. The fourth-order valence-corrected chi connectivity index (χ4v) is 2.91. The van der Waals surface area contributed by atoms with Gasteiger partial charge in [-0.15, -0.1) is 10.2 Å². The quantitative estimate of drug-likeness (QED) is 0.899. The number of amides is 1. The number of hydrogen-bond donors (Lipinski definition) is 1. The lowest BCUT2D eigenvalue weighted by atomic mass is 10.1. The highest BCUT2D eigenvalue weighted by molar-refractivity contribution is 7.15. The maximum Gasteiger partial charge on any atom is 0.269 e. The van der Waals surface area contributed by atoms with Gasteiger partial charge < -0.3 is 4.74 Å². The molecule has 1 N–H and O–H groups in total. The first-order valence-corrected chi connectivity index (χ1v) is 8.23. The van der Waals surface area contributed by atoms with Gasteiger partial charge in [-0.3, -0.25) is 10.1 Å². The number of carbonyl (C=O) groups is 1. The Morgan fingerprint density at radius 1 is 1.32 bits per heavy atom. The van der Waals surface area contributed by atoms with E-state index in [1.807, 2.05) is 0 Å². The first-order valence-electron chi connectivity index (χ1n) is 7.03. The van der Waals surface area contributed by atoms with Gasteiger partial charge in [0.2, 0.25) is 5.13 Å². The molecule has 0 radical (unpaired) electrons. The lowest BCUT2D eigenvalue weighted by Crippen LogP contribution is -2.42. The van der Waals surface area contributed by atoms with Crippen LogP contribution in [0, 0.1) is 0 Å². The van der Waals surface area contributed by atoms with Crippen molar-refractivity contribution in [2.24, 2.45) is 0 Å². The van der Waals surface area contributed by atoms with Crippen molar-refractivity contribution >= 4 is 34.0 Å². The highest BCUT2D eigenvalue weighted by Crippen LogP contribution is 2.42. The number of nitrogens with one attached hydrogen (secondary N) is 1. The van der Waals surface area contributed by atoms with Crippen LogP contribution in [0.5, 0.6) is 5.75 Å². The van der Waals surface area contributed by atoms with Crippen molar-refractivity contribution < 1.29 is 9.53 Å². The minimum Gasteiger partial charge on any atom is -0.478 e. The van der Waals surface area contributed by atoms with Crippen LogP contribution in [0.25, 0.3) is 0 Å². The summed E-state index contributed by atoms with van der Waals surface area (Å²) in [5.74, 6) is 0.850. The predicted molar refractivity (Wildman–Crippen MR) is 86.7 cm³/mol. The van der Waals surface area contributed by atoms with E-state index in [1.54, 1.807) is 38.1 Å². The standard InChI is InChI=1S/C15H16ClN3O2S/c1-15(2,21-11-7-5-10(16)6-8-11)13(20)17-14-19-18-12(22-14)9-3-4-9/h5-9H,3-4H2,1-2H3,(H,17,19,20). The monoisotopic (exact) mass is 337 g/mol. The Bertz CT molecular complexity index is 680. The molecule has 116 valence electrons. The van der Waals surface area contributed by atoms with Crippen molar-refractivity contribution in [2.45, 2.75) is 38.2 Å². The molecule has 1 fully saturated rings. The van der Waals surface area contributed by atoms with Crippen molar-refractivity contribution in [1.82, 2.24) is 10.2 Å². The van der Waals surface area contributed by atoms with Crippen LogP contribution in [0.15, 0.2) is 24.3 Å². The lowest BCUT2D eigenvalue weighted by molar-refractivity contribution is -0.128. The number of halogens is 1. The molecule has 0 bridgehead atoms. The topological polar surface area (TPSA) is 64.1 Å². The van der Waals surface area contributed by atoms with E-state index in [1.165, 1.54) is 11.3 Å². The Hall–Kier alpha value is -1.66. The molecular weight excluding hydrogens is 322 g/mol. The molecule has 1 heterocycles. The van der Waals surface area contributed by atoms with Gasteiger partial charge in [0.25, 0.3) is 5.91 Å². The summed E-state index contributed by atoms with van der Waals surface area (Å²) in [6.45, 7) is 3.42. The highest BCUT2D eigenvalue weighted by Gasteiger charge is 2.32. The average molecular weight is 338 g/mol. The smallest absolute Gasteiger partial charge is 0.269 e. The molecule has 1 aliphatic carbocycles. The van der Waals surface area contributed by atoms with Crippen LogP contribution in [-0.2, 0) is 4.79 Å². The Balaban J connectivity index is 1.64. The van der Waals surface area contributed by atoms with E-state index in [0.29, 0.717) is 21.8 Å². The number of ether oxygens (including phenoxy) is 1. The van der Waals surface area contributed by atoms with E-state index in [4.69, 9.17) is 16.3 Å². The van der Waals surface area contributed by atoms with Gasteiger partial charge in [-0.25, -0.2) is 0 Å². The van der Waals surface area contributed by atoms with E-state index < -0.39 is 5.60 Å². The fourth-order valence-electron chi connectivity index (χ4n) is 1.87. The largest absolute Gasteiger partial charge is 0.478 e. The van der Waals surface area contributed by atoms with Crippen LogP contribution in [0.4, 0.5) is 5.13 Å². The van der Waals surface area contributed by atoms with E-state index in [0.717, 1.165) is 17.8 Å². The number of carbonyl (C=O) groups excluding carboxylic acids is 1. The summed E-state index contributed by atoms with van der Waals surface area (Å²) >= 11 is 7.27. The third-order valence-electron chi connectivity index (χ3n) is 3.32. The molecule has 3 rings (SSSR count). The molecule has 5 nitrogen and oxygen atoms in total. The number of rotatable bonds is 5. The molecule has 1 aliphatic rings. The van der Waals surface area contributed by atoms with Crippen molar-refractivity contribution in [3.8, 4) is 5.75 Å². The summed E-state index contributed by atoms with van der Waals surface area (Å²) in [4.78, 5) is 12.4. The summed E-state index contributed by atoms with van der Waals surface area (Å²) < 4.78 is 5.74. The molecule has 2 aromatic rings. The molecule has 1 amide bonds. The van der Waals surface area contributed by atoms with E-state index >= 15 is 0 Å². The van der Waals surface area contributed by atoms with E-state index in [2.05, 4.69) is 15.5 Å². The first kappa shape index (κ1) is 15.2. The Morgan fingerprint density at radius 3 is 2.64 bits per heavy atom. The number of hydrogen-bond acceptors (Lipinski definition) is 5. The fraction of sp³-hybridized carbons (Fsp3) is 0.400. The molecule has 0 saturated heterocycles. The zero-order valence-electron chi connectivity index (χ0n) is 12.3. The van der Waals surface area contributed by atoms with Gasteiger partial charge in [-0.1, -0.05) is 22.9 Å². The minimum atomic E-state index is -1.03. The van der Waals surface area contributed by atoms with Crippen molar-refractivity contribution in [1.29, 1.82) is 0 Å². The third-order valence-corrected chi connectivity index (χ3v) is 4.57. The molecular formula is C15H16ClN3O2S. The van der Waals surface area contributed by atoms with Crippen molar-refractivity contribution in [3.05, 3.63) is 34.3 Å². The van der Waals surface area contributed by atoms with Crippen molar-refractivity contribution in [2.75, 3.05) is 5.32 Å². The number of benzene rings is 1. The highest BCUT2D eigenvalue weighted by atomic mass is 35.5. The number of nitrogens with zero attached hydrogens (tertiary/aromatic N) is 2. The van der Waals surface area contributed by atoms with Crippen LogP contribution in [0.3, 0.4) is 0 Å². The lowest BCUT2D eigenvalue weighted by Gasteiger charge is -2.24. The molecule has 1 aromatic heterocycles. The van der Waals surface area contributed by atoms with Gasteiger partial charge in [-0.2, -0.15) is 0 Å². The normalized spacial score (nSPS) is 14.7. The van der Waals surface area contributed by atoms with Crippen LogP contribution >= 0.6 is 22.9 Å². The Labute approximate surface area is 137 Å². The van der Waals surface area contributed by atoms with E-state index in [9.17, 15) is 4.79 Å². The van der Waals surface area contributed by atoms with Gasteiger partial charge in [0, 0.05) is 10.9 Å². The average Bonchev–Trinajstić information content (AvgIpc) is 3.22. The van der Waals surface area contributed by atoms with Crippen LogP contribution < -0.4 is 10.1 Å². The first-order chi connectivity index (χ1) is 10.4. The maximum absolute atomic E-state index is 12.4. The summed E-state index contributed by atoms with van der Waals surface area (Å²) in [5.41, 5.74) is -1.03. The second-order valence-corrected chi connectivity index (χ2v) is 7.19. The van der Waals surface area contributed by atoms with Gasteiger partial charge in [-0.05, 0) is 51.0 Å². The zero-order valence-corrected chi connectivity index (χ0v) is 13.9. The van der Waals surface area contributed by atoms with Crippen LogP contribution in [0.2, 0.25) is 5.02 Å². The molecule has 7 heteroatoms. The van der Waals surface area contributed by atoms with Crippen LogP contribution in [-0.4, -0.2) is 21.7 Å². The molecule has 1 aromatic carbocycles. The summed E-state index contributed by atoms with van der Waals surface area (Å²) in [5, 5.41) is 13.0. The molecule has 1 saturated carbocycles. The van der Waals surface area contributed by atoms with Gasteiger partial charge in [0.05, 0.1) is 0 Å². The van der Waals surface area contributed by atoms with Crippen LogP contribution in [0.1, 0.15) is 37.6 Å². The van der Waals surface area contributed by atoms with Gasteiger partial charge in [0.15, 0.2) is 5.60 Å². The van der Waals surface area contributed by atoms with Gasteiger partial charge in [0.1, 0.15) is 10.8 Å². The molecule has 0 atom stereocenters.